The topological polar surface area (TPSA) is 41.8 Å². The van der Waals surface area contributed by atoms with Gasteiger partial charge in [-0.15, -0.1) is 0 Å². The van der Waals surface area contributed by atoms with E-state index < -0.39 is 0 Å². The number of nitrogens with zero attached hydrogens (tertiary/aromatic N) is 1. The lowest BCUT2D eigenvalue weighted by Gasteiger charge is -2.07. The van der Waals surface area contributed by atoms with Crippen LogP contribution < -0.4 is 4.74 Å². The molecule has 0 amide bonds. The third-order valence-corrected chi connectivity index (χ3v) is 2.60. The molecule has 0 fully saturated rings. The van der Waals surface area contributed by atoms with Crippen LogP contribution >= 0.6 is 0 Å². The molecule has 2 aromatic carbocycles. The van der Waals surface area contributed by atoms with Crippen molar-refractivity contribution in [3.05, 3.63) is 42.0 Å². The fourth-order valence-electron chi connectivity index (χ4n) is 1.81. The molecule has 0 saturated heterocycles. The van der Waals surface area contributed by atoms with Crippen LogP contribution in [0, 0.1) is 0 Å². The molecule has 1 N–H and O–H groups in total. The summed E-state index contributed by atoms with van der Waals surface area (Å²) < 4.78 is 5.32. The molecule has 0 heterocycles. The average molecular weight is 229 g/mol. The van der Waals surface area contributed by atoms with Crippen LogP contribution in [0.5, 0.6) is 5.75 Å². The van der Waals surface area contributed by atoms with E-state index in [1.165, 1.54) is 0 Å². The summed E-state index contributed by atoms with van der Waals surface area (Å²) in [7, 11) is 1.67. The van der Waals surface area contributed by atoms with Crippen LogP contribution in [0.15, 0.2) is 41.4 Å². The van der Waals surface area contributed by atoms with E-state index in [1.54, 1.807) is 13.3 Å². The van der Waals surface area contributed by atoms with Gasteiger partial charge in [-0.25, -0.2) is 0 Å². The van der Waals surface area contributed by atoms with Crippen LogP contribution in [0.4, 0.5) is 0 Å². The molecule has 0 unspecified atom stereocenters. The van der Waals surface area contributed by atoms with Crippen molar-refractivity contribution in [1.82, 2.24) is 0 Å². The maximum Gasteiger partial charge on any atom is 0.126 e. The van der Waals surface area contributed by atoms with Crippen molar-refractivity contribution in [2.24, 2.45) is 4.99 Å². The minimum absolute atomic E-state index is 0.0740. The van der Waals surface area contributed by atoms with Crippen LogP contribution in [0.3, 0.4) is 0 Å². The lowest BCUT2D eigenvalue weighted by molar-refractivity contribution is 0.307. The van der Waals surface area contributed by atoms with Gasteiger partial charge in [0.1, 0.15) is 5.75 Å². The number of rotatable bonds is 4. The Bertz CT molecular complexity index is 535. The zero-order chi connectivity index (χ0) is 12.1. The second-order valence-electron chi connectivity index (χ2n) is 3.66. The number of aliphatic imine (C=N–C) groups is 1. The van der Waals surface area contributed by atoms with Crippen molar-refractivity contribution in [2.75, 3.05) is 20.3 Å². The van der Waals surface area contributed by atoms with E-state index >= 15 is 0 Å². The predicted molar refractivity (Wildman–Crippen MR) is 70.0 cm³/mol. The highest BCUT2D eigenvalue weighted by Crippen LogP contribution is 2.27. The third-order valence-electron chi connectivity index (χ3n) is 2.60. The first kappa shape index (κ1) is 11.6. The summed E-state index contributed by atoms with van der Waals surface area (Å²) in [5.74, 6) is 0.861. The zero-order valence-corrected chi connectivity index (χ0v) is 9.76. The number of aliphatic hydroxyl groups is 1. The number of methoxy groups -OCH3 is 1. The van der Waals surface area contributed by atoms with Crippen molar-refractivity contribution in [3.8, 4) is 5.75 Å². The summed E-state index contributed by atoms with van der Waals surface area (Å²) in [5, 5.41) is 10.9. The van der Waals surface area contributed by atoms with Crippen LogP contribution in [0.2, 0.25) is 0 Å². The van der Waals surface area contributed by atoms with Crippen molar-refractivity contribution in [1.29, 1.82) is 0 Å². The molecule has 88 valence electrons. The quantitative estimate of drug-likeness (QED) is 0.817. The Labute approximate surface area is 100 Å². The number of fused-ring (bicyclic) bond motifs is 1. The highest BCUT2D eigenvalue weighted by atomic mass is 16.5. The molecular weight excluding hydrogens is 214 g/mol. The van der Waals surface area contributed by atoms with E-state index in [2.05, 4.69) is 4.99 Å². The first-order chi connectivity index (χ1) is 8.36. The molecule has 0 aliphatic rings. The van der Waals surface area contributed by atoms with Gasteiger partial charge in [0.15, 0.2) is 0 Å². The number of benzene rings is 2. The van der Waals surface area contributed by atoms with Gasteiger partial charge in [-0.05, 0) is 17.5 Å². The largest absolute Gasteiger partial charge is 0.496 e. The summed E-state index contributed by atoms with van der Waals surface area (Å²) in [4.78, 5) is 4.15. The monoisotopic (exact) mass is 229 g/mol. The molecular formula is C14H15NO2. The van der Waals surface area contributed by atoms with Gasteiger partial charge < -0.3 is 9.84 Å². The molecule has 2 rings (SSSR count). The second kappa shape index (κ2) is 5.46. The summed E-state index contributed by atoms with van der Waals surface area (Å²) in [6.07, 6.45) is 1.79. The second-order valence-corrected chi connectivity index (χ2v) is 3.66. The van der Waals surface area contributed by atoms with Crippen LogP contribution in [0.1, 0.15) is 5.56 Å². The van der Waals surface area contributed by atoms with Gasteiger partial charge in [0.2, 0.25) is 0 Å². The van der Waals surface area contributed by atoms with Crippen LogP contribution in [-0.4, -0.2) is 31.6 Å². The lowest BCUT2D eigenvalue weighted by atomic mass is 10.0. The fraction of sp³-hybridized carbons (Fsp3) is 0.214. The Morgan fingerprint density at radius 1 is 1.18 bits per heavy atom. The van der Waals surface area contributed by atoms with Gasteiger partial charge in [0, 0.05) is 17.2 Å². The van der Waals surface area contributed by atoms with E-state index in [-0.39, 0.29) is 6.61 Å². The van der Waals surface area contributed by atoms with Crippen molar-refractivity contribution in [2.45, 2.75) is 0 Å². The highest BCUT2D eigenvalue weighted by molar-refractivity contribution is 6.02. The van der Waals surface area contributed by atoms with Gasteiger partial charge in [0.25, 0.3) is 0 Å². The van der Waals surface area contributed by atoms with E-state index in [4.69, 9.17) is 9.84 Å². The minimum Gasteiger partial charge on any atom is -0.496 e. The molecule has 0 aromatic heterocycles. The minimum atomic E-state index is 0.0740. The number of hydrogen-bond acceptors (Lipinski definition) is 3. The molecule has 0 saturated carbocycles. The zero-order valence-electron chi connectivity index (χ0n) is 9.76. The van der Waals surface area contributed by atoms with Crippen molar-refractivity contribution < 1.29 is 9.84 Å². The molecule has 2 aromatic rings. The Morgan fingerprint density at radius 3 is 2.65 bits per heavy atom. The Hall–Kier alpha value is -1.87. The smallest absolute Gasteiger partial charge is 0.126 e. The number of hydrogen-bond donors (Lipinski definition) is 1. The Balaban J connectivity index is 2.51. The van der Waals surface area contributed by atoms with E-state index in [0.29, 0.717) is 6.54 Å². The van der Waals surface area contributed by atoms with E-state index in [1.807, 2.05) is 36.4 Å². The van der Waals surface area contributed by atoms with Crippen molar-refractivity contribution >= 4 is 17.0 Å². The SMILES string of the molecule is COc1ccc(C=NCCO)c2ccccc12. The van der Waals surface area contributed by atoms with E-state index in [9.17, 15) is 0 Å². The van der Waals surface area contributed by atoms with Crippen molar-refractivity contribution in [3.63, 3.8) is 0 Å². The first-order valence-corrected chi connectivity index (χ1v) is 5.53. The van der Waals surface area contributed by atoms with Gasteiger partial charge >= 0.3 is 0 Å². The van der Waals surface area contributed by atoms with Gasteiger partial charge in [-0.1, -0.05) is 24.3 Å². The Morgan fingerprint density at radius 2 is 1.94 bits per heavy atom. The maximum absolute atomic E-state index is 8.71. The van der Waals surface area contributed by atoms with Gasteiger partial charge in [0.05, 0.1) is 20.3 Å². The van der Waals surface area contributed by atoms with Gasteiger partial charge in [-0.3, -0.25) is 4.99 Å². The third kappa shape index (κ3) is 2.45. The predicted octanol–water partition coefficient (Wildman–Crippen LogP) is 2.26. The average Bonchev–Trinajstić information content (AvgIpc) is 2.39. The molecule has 0 spiro atoms. The van der Waals surface area contributed by atoms with E-state index in [0.717, 1.165) is 22.1 Å². The number of aliphatic hydroxyl groups excluding tert-OH is 1. The fourth-order valence-corrected chi connectivity index (χ4v) is 1.81. The van der Waals surface area contributed by atoms with Crippen LogP contribution in [-0.2, 0) is 0 Å². The first-order valence-electron chi connectivity index (χ1n) is 5.53. The molecule has 0 atom stereocenters. The molecule has 0 aliphatic heterocycles. The summed E-state index contributed by atoms with van der Waals surface area (Å²) in [5.41, 5.74) is 1.04. The molecule has 0 radical (unpaired) electrons. The normalized spacial score (nSPS) is 11.2. The Kier molecular flexibility index (Phi) is 3.73. The molecule has 3 heteroatoms. The molecule has 17 heavy (non-hydrogen) atoms. The maximum atomic E-state index is 8.71. The highest BCUT2D eigenvalue weighted by Gasteiger charge is 2.03. The summed E-state index contributed by atoms with van der Waals surface area (Å²) >= 11 is 0. The molecule has 3 nitrogen and oxygen atoms in total. The molecule has 0 bridgehead atoms. The molecule has 0 aliphatic carbocycles. The lowest BCUT2D eigenvalue weighted by Crippen LogP contribution is -1.92. The van der Waals surface area contributed by atoms with Gasteiger partial charge in [-0.2, -0.15) is 0 Å². The van der Waals surface area contributed by atoms with Crippen LogP contribution in [0.25, 0.3) is 10.8 Å². The number of ether oxygens (including phenoxy) is 1. The standard InChI is InChI=1S/C14H15NO2/c1-17-14-7-6-11(10-15-8-9-16)12-4-2-3-5-13(12)14/h2-7,10,16H,8-9H2,1H3. The summed E-state index contributed by atoms with van der Waals surface area (Å²) in [6, 6.07) is 11.9. The summed E-state index contributed by atoms with van der Waals surface area (Å²) in [6.45, 7) is 0.505.